The molecule has 0 fully saturated rings. The molecule has 0 saturated carbocycles. The summed E-state index contributed by atoms with van der Waals surface area (Å²) in [5, 5.41) is 11.6. The minimum absolute atomic E-state index is 0.00872. The molecule has 0 unspecified atom stereocenters. The molecule has 2 aromatic heterocycles. The molecular formula is C18H17N3O6S. The molecular weight excluding hydrogens is 386 g/mol. The van der Waals surface area contributed by atoms with E-state index >= 15 is 0 Å². The Bertz CT molecular complexity index is 1150. The van der Waals surface area contributed by atoms with E-state index in [1.807, 2.05) is 13.8 Å². The van der Waals surface area contributed by atoms with E-state index in [2.05, 4.69) is 9.97 Å². The minimum atomic E-state index is -0.853. The van der Waals surface area contributed by atoms with Gasteiger partial charge in [0.1, 0.15) is 4.83 Å². The van der Waals surface area contributed by atoms with Crippen LogP contribution in [0.15, 0.2) is 23.0 Å². The number of thiophene rings is 1. The Kier molecular flexibility index (Phi) is 5.14. The Labute approximate surface area is 163 Å². The SMILES string of the molecule is COc1ccc(C(=O)O[C@@H](C)c2nc3sc(C)c(C)c3c(=O)[nH]2)cc1[N+](=O)[O-]. The Hall–Kier alpha value is -3.27. The van der Waals surface area contributed by atoms with E-state index in [0.29, 0.717) is 10.2 Å². The van der Waals surface area contributed by atoms with E-state index in [1.54, 1.807) is 6.92 Å². The number of benzene rings is 1. The van der Waals surface area contributed by atoms with Crippen LogP contribution in [0.3, 0.4) is 0 Å². The van der Waals surface area contributed by atoms with Crippen molar-refractivity contribution in [3.63, 3.8) is 0 Å². The van der Waals surface area contributed by atoms with Crippen LogP contribution in [-0.2, 0) is 4.74 Å². The summed E-state index contributed by atoms with van der Waals surface area (Å²) in [6.07, 6.45) is -0.853. The normalized spacial score (nSPS) is 12.0. The summed E-state index contributed by atoms with van der Waals surface area (Å²) in [5.41, 5.74) is 0.216. The summed E-state index contributed by atoms with van der Waals surface area (Å²) in [6, 6.07) is 3.77. The number of nitro benzene ring substituents is 1. The predicted molar refractivity (Wildman–Crippen MR) is 103 cm³/mol. The van der Waals surface area contributed by atoms with E-state index in [-0.39, 0.29) is 28.4 Å². The molecule has 2 heterocycles. The number of hydrogen-bond acceptors (Lipinski definition) is 8. The summed E-state index contributed by atoms with van der Waals surface area (Å²) in [5.74, 6) is -0.538. The quantitative estimate of drug-likeness (QED) is 0.393. The Morgan fingerprint density at radius 1 is 1.36 bits per heavy atom. The number of carbonyl (C=O) groups is 1. The maximum Gasteiger partial charge on any atom is 0.339 e. The summed E-state index contributed by atoms with van der Waals surface area (Å²) < 4.78 is 10.3. The first kappa shape index (κ1) is 19.5. The van der Waals surface area contributed by atoms with Crippen molar-refractivity contribution in [3.05, 3.63) is 60.5 Å². The number of aromatic amines is 1. The van der Waals surface area contributed by atoms with Gasteiger partial charge in [-0.1, -0.05) is 0 Å². The van der Waals surface area contributed by atoms with Crippen molar-refractivity contribution >= 4 is 33.2 Å². The van der Waals surface area contributed by atoms with Gasteiger partial charge in [0.2, 0.25) is 0 Å². The van der Waals surface area contributed by atoms with E-state index in [1.165, 1.54) is 30.6 Å². The minimum Gasteiger partial charge on any atom is -0.490 e. The van der Waals surface area contributed by atoms with Gasteiger partial charge in [-0.15, -0.1) is 11.3 Å². The van der Waals surface area contributed by atoms with Crippen LogP contribution < -0.4 is 10.3 Å². The van der Waals surface area contributed by atoms with Crippen LogP contribution in [0, 0.1) is 24.0 Å². The number of ether oxygens (including phenoxy) is 2. The topological polar surface area (TPSA) is 124 Å². The van der Waals surface area contributed by atoms with Gasteiger partial charge < -0.3 is 14.5 Å². The van der Waals surface area contributed by atoms with E-state index < -0.39 is 17.0 Å². The molecule has 1 atom stereocenters. The van der Waals surface area contributed by atoms with Gasteiger partial charge in [-0.2, -0.15) is 0 Å². The van der Waals surface area contributed by atoms with Crippen molar-refractivity contribution in [2.45, 2.75) is 26.9 Å². The average Bonchev–Trinajstić information content (AvgIpc) is 2.95. The number of hydrogen-bond donors (Lipinski definition) is 1. The van der Waals surface area contributed by atoms with Crippen LogP contribution in [0.5, 0.6) is 5.75 Å². The highest BCUT2D eigenvalue weighted by atomic mass is 32.1. The number of carbonyl (C=O) groups excluding carboxylic acids is 1. The molecule has 1 aromatic carbocycles. The standard InChI is InChI=1S/C18H17N3O6S/c1-8-10(3)28-17-14(8)16(22)19-15(20-17)9(2)27-18(23)11-5-6-13(26-4)12(7-11)21(24)25/h5-7,9H,1-4H3,(H,19,20,22)/t9-/m0/s1. The number of aromatic nitrogens is 2. The van der Waals surface area contributed by atoms with Crippen molar-refractivity contribution in [3.8, 4) is 5.75 Å². The summed E-state index contributed by atoms with van der Waals surface area (Å²) in [4.78, 5) is 43.8. The summed E-state index contributed by atoms with van der Waals surface area (Å²) in [7, 11) is 1.30. The van der Waals surface area contributed by atoms with Crippen molar-refractivity contribution in [1.82, 2.24) is 9.97 Å². The van der Waals surface area contributed by atoms with Crippen molar-refractivity contribution < 1.29 is 19.2 Å². The molecule has 0 aliphatic heterocycles. The summed E-state index contributed by atoms with van der Waals surface area (Å²) in [6.45, 7) is 5.32. The number of esters is 1. The molecule has 0 bridgehead atoms. The highest BCUT2D eigenvalue weighted by molar-refractivity contribution is 7.18. The third kappa shape index (κ3) is 3.46. The molecule has 28 heavy (non-hydrogen) atoms. The maximum absolute atomic E-state index is 12.4. The second-order valence-corrected chi connectivity index (χ2v) is 7.31. The lowest BCUT2D eigenvalue weighted by Crippen LogP contribution is -2.17. The van der Waals surface area contributed by atoms with Gasteiger partial charge in [0.25, 0.3) is 5.56 Å². The maximum atomic E-state index is 12.4. The highest BCUT2D eigenvalue weighted by Crippen LogP contribution is 2.29. The third-order valence-electron chi connectivity index (χ3n) is 4.34. The number of nitrogens with one attached hydrogen (secondary N) is 1. The monoisotopic (exact) mass is 403 g/mol. The molecule has 0 aliphatic carbocycles. The third-order valence-corrected chi connectivity index (χ3v) is 5.44. The molecule has 0 amide bonds. The first-order chi connectivity index (χ1) is 13.2. The second-order valence-electron chi connectivity index (χ2n) is 6.11. The second kappa shape index (κ2) is 7.39. The first-order valence-electron chi connectivity index (χ1n) is 8.26. The van der Waals surface area contributed by atoms with Crippen LogP contribution in [-0.4, -0.2) is 28.0 Å². The molecule has 1 N–H and O–H groups in total. The van der Waals surface area contributed by atoms with Gasteiger partial charge in [0, 0.05) is 10.9 Å². The Balaban J connectivity index is 1.89. The van der Waals surface area contributed by atoms with Gasteiger partial charge in [0.15, 0.2) is 17.7 Å². The number of aryl methyl sites for hydroxylation is 2. The largest absolute Gasteiger partial charge is 0.490 e. The van der Waals surface area contributed by atoms with Crippen molar-refractivity contribution in [1.29, 1.82) is 0 Å². The Morgan fingerprint density at radius 3 is 2.71 bits per heavy atom. The van der Waals surface area contributed by atoms with Gasteiger partial charge in [-0.05, 0) is 38.5 Å². The van der Waals surface area contributed by atoms with Crippen LogP contribution >= 0.6 is 11.3 Å². The Morgan fingerprint density at radius 2 is 2.07 bits per heavy atom. The zero-order valence-electron chi connectivity index (χ0n) is 15.6. The van der Waals surface area contributed by atoms with Crippen molar-refractivity contribution in [2.75, 3.05) is 7.11 Å². The van der Waals surface area contributed by atoms with Crippen LogP contribution in [0.1, 0.15) is 39.7 Å². The number of H-pyrrole nitrogens is 1. The zero-order valence-corrected chi connectivity index (χ0v) is 16.4. The lowest BCUT2D eigenvalue weighted by Gasteiger charge is -2.13. The van der Waals surface area contributed by atoms with E-state index in [0.717, 1.165) is 16.5 Å². The highest BCUT2D eigenvalue weighted by Gasteiger charge is 2.22. The number of fused-ring (bicyclic) bond motifs is 1. The fraction of sp³-hybridized carbons (Fsp3) is 0.278. The fourth-order valence-electron chi connectivity index (χ4n) is 2.71. The number of nitro groups is 1. The number of nitrogens with zero attached hydrogens (tertiary/aromatic N) is 2. The molecule has 0 saturated heterocycles. The van der Waals surface area contributed by atoms with Gasteiger partial charge in [0.05, 0.1) is 23.0 Å². The molecule has 3 aromatic rings. The smallest absolute Gasteiger partial charge is 0.339 e. The molecule has 0 aliphatic rings. The molecule has 0 spiro atoms. The van der Waals surface area contributed by atoms with Crippen LogP contribution in [0.2, 0.25) is 0 Å². The molecule has 9 nitrogen and oxygen atoms in total. The predicted octanol–water partition coefficient (Wildman–Crippen LogP) is 3.44. The van der Waals surface area contributed by atoms with Gasteiger partial charge >= 0.3 is 11.7 Å². The van der Waals surface area contributed by atoms with Gasteiger partial charge in [-0.3, -0.25) is 14.9 Å². The lowest BCUT2D eigenvalue weighted by molar-refractivity contribution is -0.385. The lowest BCUT2D eigenvalue weighted by atomic mass is 10.2. The van der Waals surface area contributed by atoms with E-state index in [9.17, 15) is 19.7 Å². The molecule has 146 valence electrons. The molecule has 0 radical (unpaired) electrons. The van der Waals surface area contributed by atoms with Crippen LogP contribution in [0.4, 0.5) is 5.69 Å². The molecule has 10 heteroatoms. The van der Waals surface area contributed by atoms with E-state index in [4.69, 9.17) is 9.47 Å². The van der Waals surface area contributed by atoms with Crippen molar-refractivity contribution in [2.24, 2.45) is 0 Å². The number of rotatable bonds is 5. The fourth-order valence-corrected chi connectivity index (χ4v) is 3.74. The average molecular weight is 403 g/mol. The zero-order chi connectivity index (χ0) is 20.6. The van der Waals surface area contributed by atoms with Gasteiger partial charge in [-0.25, -0.2) is 9.78 Å². The van der Waals surface area contributed by atoms with Crippen LogP contribution in [0.25, 0.3) is 10.2 Å². The first-order valence-corrected chi connectivity index (χ1v) is 9.08. The number of methoxy groups -OCH3 is 1. The summed E-state index contributed by atoms with van der Waals surface area (Å²) >= 11 is 1.39. The molecule has 3 rings (SSSR count).